The number of halogens is 1. The third kappa shape index (κ3) is 7.79. The van der Waals surface area contributed by atoms with E-state index in [-0.39, 0.29) is 17.8 Å². The molecule has 1 atom stereocenters. The van der Waals surface area contributed by atoms with E-state index in [0.717, 1.165) is 29.4 Å². The normalized spacial score (nSPS) is 14.7. The number of amides is 1. The number of β-amino-alcohol motifs (C(OH)–C–C–N with tert-alkyl or cyclic N) is 1. The van der Waals surface area contributed by atoms with E-state index in [9.17, 15) is 14.7 Å². The highest BCUT2D eigenvalue weighted by atomic mass is 35.5. The van der Waals surface area contributed by atoms with Gasteiger partial charge >= 0.3 is 5.69 Å². The summed E-state index contributed by atoms with van der Waals surface area (Å²) in [7, 11) is 0. The summed E-state index contributed by atoms with van der Waals surface area (Å²) in [5.41, 5.74) is 7.79. The van der Waals surface area contributed by atoms with Crippen LogP contribution in [0.25, 0.3) is 11.0 Å². The molecule has 0 saturated heterocycles. The van der Waals surface area contributed by atoms with Gasteiger partial charge in [0.1, 0.15) is 35.5 Å². The maximum atomic E-state index is 12.7. The van der Waals surface area contributed by atoms with Crippen molar-refractivity contribution in [1.29, 1.82) is 0 Å². The quantitative estimate of drug-likeness (QED) is 0.161. The van der Waals surface area contributed by atoms with Crippen LogP contribution in [-0.2, 0) is 13.0 Å². The molecule has 1 fully saturated rings. The lowest BCUT2D eigenvalue weighted by Crippen LogP contribution is -2.46. The van der Waals surface area contributed by atoms with Crippen LogP contribution in [0.2, 0.25) is 5.02 Å². The van der Waals surface area contributed by atoms with Crippen LogP contribution in [0.4, 0.5) is 0 Å². The number of nitrogens with zero attached hydrogens (tertiary/aromatic N) is 1. The molecule has 5 rings (SSSR count). The zero-order valence-corrected chi connectivity index (χ0v) is 25.3. The second kappa shape index (κ2) is 13.2. The molecule has 1 aliphatic carbocycles. The Balaban J connectivity index is 1.13. The Labute approximate surface area is 256 Å². The summed E-state index contributed by atoms with van der Waals surface area (Å²) in [5, 5.41) is 14.5. The molecule has 43 heavy (non-hydrogen) atoms. The number of imidazole rings is 1. The Morgan fingerprint density at radius 3 is 2.58 bits per heavy atom. The van der Waals surface area contributed by atoms with Crippen molar-refractivity contribution in [2.24, 2.45) is 11.7 Å². The van der Waals surface area contributed by atoms with Gasteiger partial charge in [0, 0.05) is 24.2 Å². The Morgan fingerprint density at radius 2 is 1.88 bits per heavy atom. The maximum absolute atomic E-state index is 12.7. The number of hydrogen-bond acceptors (Lipinski definition) is 6. The lowest BCUT2D eigenvalue weighted by atomic mass is 9.94. The Hall–Kier alpha value is -3.79. The topological polar surface area (TPSA) is 132 Å². The zero-order chi connectivity index (χ0) is 30.6. The van der Waals surface area contributed by atoms with E-state index in [2.05, 4.69) is 24.1 Å². The molecular weight excluding hydrogens is 568 g/mol. The lowest BCUT2D eigenvalue weighted by Gasteiger charge is -2.28. The Morgan fingerprint density at radius 1 is 1.14 bits per heavy atom. The Kier molecular flexibility index (Phi) is 9.44. The molecule has 10 heteroatoms. The van der Waals surface area contributed by atoms with E-state index in [4.69, 9.17) is 26.8 Å². The summed E-state index contributed by atoms with van der Waals surface area (Å²) < 4.78 is 13.7. The Bertz CT molecular complexity index is 1620. The summed E-state index contributed by atoms with van der Waals surface area (Å²) >= 11 is 6.24. The number of para-hydroxylation sites is 1. The molecule has 3 aromatic carbocycles. The molecule has 1 aromatic heterocycles. The largest absolute Gasteiger partial charge is 0.489 e. The summed E-state index contributed by atoms with van der Waals surface area (Å²) in [4.78, 5) is 27.0. The van der Waals surface area contributed by atoms with Gasteiger partial charge in [-0.3, -0.25) is 9.36 Å². The van der Waals surface area contributed by atoms with Crippen molar-refractivity contribution in [2.75, 3.05) is 13.2 Å². The van der Waals surface area contributed by atoms with Crippen molar-refractivity contribution in [1.82, 2.24) is 14.9 Å². The zero-order valence-electron chi connectivity index (χ0n) is 24.6. The fourth-order valence-electron chi connectivity index (χ4n) is 5.68. The van der Waals surface area contributed by atoms with Gasteiger partial charge in [0.15, 0.2) is 0 Å². The number of nitrogens with two attached hydrogens (primary N) is 1. The molecule has 0 radical (unpaired) electrons. The van der Waals surface area contributed by atoms with Crippen LogP contribution >= 0.6 is 11.6 Å². The van der Waals surface area contributed by atoms with Gasteiger partial charge in [-0.1, -0.05) is 42.6 Å². The number of aliphatic hydroxyl groups is 1. The van der Waals surface area contributed by atoms with E-state index in [0.29, 0.717) is 53.3 Å². The smallest absolute Gasteiger partial charge is 0.326 e. The van der Waals surface area contributed by atoms with Crippen molar-refractivity contribution in [3.05, 3.63) is 87.3 Å². The highest BCUT2D eigenvalue weighted by molar-refractivity contribution is 6.32. The average Bonchev–Trinajstić information content (AvgIpc) is 3.60. The van der Waals surface area contributed by atoms with E-state index in [1.54, 1.807) is 16.7 Å². The first-order valence-corrected chi connectivity index (χ1v) is 15.1. The number of rotatable bonds is 13. The van der Waals surface area contributed by atoms with Crippen molar-refractivity contribution in [3.63, 3.8) is 0 Å². The van der Waals surface area contributed by atoms with Gasteiger partial charge in [-0.25, -0.2) is 4.79 Å². The van der Waals surface area contributed by atoms with Crippen molar-refractivity contribution < 1.29 is 19.4 Å². The first-order chi connectivity index (χ1) is 20.6. The van der Waals surface area contributed by atoms with Crippen LogP contribution in [-0.4, -0.2) is 45.4 Å². The minimum Gasteiger partial charge on any atom is -0.489 e. The molecule has 228 valence electrons. The SMILES string of the molecule is CC(C)(Cc1ccc(Oc2ccc(C(N)=O)cc2Cl)cc1)NCC(O)COc1cccc2[nH]c(=O)n(CC3CCCC3)c12. The fourth-order valence-corrected chi connectivity index (χ4v) is 5.90. The molecule has 0 aliphatic heterocycles. The number of H-pyrrole nitrogens is 1. The molecular formula is C33H39ClN4O5. The fraction of sp³-hybridized carbons (Fsp3) is 0.394. The molecule has 1 saturated carbocycles. The van der Waals surface area contributed by atoms with E-state index in [1.807, 2.05) is 42.5 Å². The predicted molar refractivity (Wildman–Crippen MR) is 168 cm³/mol. The van der Waals surface area contributed by atoms with Crippen molar-refractivity contribution in [3.8, 4) is 17.2 Å². The molecule has 5 N–H and O–H groups in total. The predicted octanol–water partition coefficient (Wildman–Crippen LogP) is 5.42. The monoisotopic (exact) mass is 606 g/mol. The highest BCUT2D eigenvalue weighted by Crippen LogP contribution is 2.31. The number of ether oxygens (including phenoxy) is 2. The molecule has 1 amide bonds. The molecule has 1 unspecified atom stereocenters. The average molecular weight is 607 g/mol. The van der Waals surface area contributed by atoms with Crippen LogP contribution in [0.1, 0.15) is 55.5 Å². The first-order valence-electron chi connectivity index (χ1n) is 14.7. The summed E-state index contributed by atoms with van der Waals surface area (Å²) in [6, 6.07) is 17.9. The number of aromatic amines is 1. The van der Waals surface area contributed by atoms with E-state index < -0.39 is 12.0 Å². The lowest BCUT2D eigenvalue weighted by molar-refractivity contribution is 0.0993. The number of fused-ring (bicyclic) bond motifs is 1. The van der Waals surface area contributed by atoms with Crippen LogP contribution in [0.5, 0.6) is 17.2 Å². The summed E-state index contributed by atoms with van der Waals surface area (Å²) in [5.74, 6) is 1.60. The third-order valence-corrected chi connectivity index (χ3v) is 8.23. The number of hydrogen-bond donors (Lipinski definition) is 4. The van der Waals surface area contributed by atoms with Gasteiger partial charge in [-0.15, -0.1) is 0 Å². The maximum Gasteiger partial charge on any atom is 0.326 e. The second-order valence-electron chi connectivity index (χ2n) is 12.0. The van der Waals surface area contributed by atoms with Gasteiger partial charge in [-0.2, -0.15) is 0 Å². The van der Waals surface area contributed by atoms with Gasteiger partial charge in [0.2, 0.25) is 5.91 Å². The molecule has 0 bridgehead atoms. The third-order valence-electron chi connectivity index (χ3n) is 7.93. The van der Waals surface area contributed by atoms with Crippen LogP contribution in [0.3, 0.4) is 0 Å². The molecule has 1 heterocycles. The van der Waals surface area contributed by atoms with E-state index >= 15 is 0 Å². The van der Waals surface area contributed by atoms with Gasteiger partial charge in [0.25, 0.3) is 0 Å². The number of nitrogens with one attached hydrogen (secondary N) is 2. The summed E-state index contributed by atoms with van der Waals surface area (Å²) in [6.45, 7) is 5.27. The number of benzene rings is 3. The minimum absolute atomic E-state index is 0.0972. The molecule has 1 aliphatic rings. The minimum atomic E-state index is -0.745. The van der Waals surface area contributed by atoms with Crippen molar-refractivity contribution in [2.45, 2.75) is 64.1 Å². The van der Waals surface area contributed by atoms with Gasteiger partial charge in [0.05, 0.1) is 10.5 Å². The van der Waals surface area contributed by atoms with Crippen LogP contribution in [0.15, 0.2) is 65.5 Å². The van der Waals surface area contributed by atoms with Crippen LogP contribution < -0.4 is 26.2 Å². The van der Waals surface area contributed by atoms with Crippen molar-refractivity contribution >= 4 is 28.5 Å². The van der Waals surface area contributed by atoms with Gasteiger partial charge < -0.3 is 30.6 Å². The standard InChI is InChI=1S/C33H39ClN4O5/c1-33(2,17-21-10-13-25(14-11-21)43-28-15-12-23(31(35)40)16-26(28)34)36-18-24(39)20-42-29-9-5-8-27-30(29)38(32(41)37-27)19-22-6-3-4-7-22/h5,8-16,22,24,36,39H,3-4,6-7,17-20H2,1-2H3,(H2,35,40)(H,37,41). The van der Waals surface area contributed by atoms with E-state index in [1.165, 1.54) is 18.9 Å². The van der Waals surface area contributed by atoms with Gasteiger partial charge in [-0.05, 0) is 87.1 Å². The number of primary amides is 1. The molecule has 0 spiro atoms. The number of carbonyl (C=O) groups is 1. The number of aromatic nitrogens is 2. The first kappa shape index (κ1) is 30.7. The molecule has 4 aromatic rings. The molecule has 9 nitrogen and oxygen atoms in total. The van der Waals surface area contributed by atoms with Crippen LogP contribution in [0, 0.1) is 5.92 Å². The number of aliphatic hydroxyl groups excluding tert-OH is 1. The highest BCUT2D eigenvalue weighted by Gasteiger charge is 2.22. The number of carbonyl (C=O) groups excluding carboxylic acids is 1. The second-order valence-corrected chi connectivity index (χ2v) is 12.4. The summed E-state index contributed by atoms with van der Waals surface area (Å²) in [6.07, 6.45) is 4.68.